The first kappa shape index (κ1) is 14.1. The number of hydrogen-bond acceptors (Lipinski definition) is 2. The van der Waals surface area contributed by atoms with Gasteiger partial charge in [-0.2, -0.15) is 0 Å². The fourth-order valence-electron chi connectivity index (χ4n) is 2.09. The Morgan fingerprint density at radius 2 is 2.31 bits per heavy atom. The maximum atomic E-state index is 11.5. The summed E-state index contributed by atoms with van der Waals surface area (Å²) in [6, 6.07) is 0. The summed E-state index contributed by atoms with van der Waals surface area (Å²) in [6.45, 7) is 4.82. The highest BCUT2D eigenvalue weighted by atomic mass is 35.5. The van der Waals surface area contributed by atoms with Gasteiger partial charge in [-0.05, 0) is 26.2 Å². The van der Waals surface area contributed by atoms with Crippen LogP contribution in [0.3, 0.4) is 0 Å². The van der Waals surface area contributed by atoms with Gasteiger partial charge in [0.25, 0.3) is 5.91 Å². The second kappa shape index (κ2) is 6.08. The summed E-state index contributed by atoms with van der Waals surface area (Å²) in [4.78, 5) is 10.5. The molecule has 0 radical (unpaired) electrons. The Hall–Kier alpha value is 0.01000. The minimum Gasteiger partial charge on any atom is -0.378 e. The third-order valence-corrected chi connectivity index (χ3v) is 3.32. The third-order valence-electron chi connectivity index (χ3n) is 2.92. The molecule has 0 unspecified atom stereocenters. The van der Waals surface area contributed by atoms with Crippen molar-refractivity contribution in [1.29, 1.82) is 0 Å². The van der Waals surface area contributed by atoms with Gasteiger partial charge in [0, 0.05) is 12.1 Å². The molecule has 0 bridgehead atoms. The Labute approximate surface area is 107 Å². The summed E-state index contributed by atoms with van der Waals surface area (Å²) in [5, 5.41) is 2.90. The number of hydrogen-bond donors (Lipinski definition) is 1. The first-order valence-electron chi connectivity index (χ1n) is 5.68. The fraction of sp³-hybridized carbons (Fsp3) is 0.909. The van der Waals surface area contributed by atoms with Gasteiger partial charge in [0.2, 0.25) is 0 Å². The van der Waals surface area contributed by atoms with Crippen LogP contribution in [0.4, 0.5) is 0 Å². The lowest BCUT2D eigenvalue weighted by molar-refractivity contribution is -0.123. The summed E-state index contributed by atoms with van der Waals surface area (Å²) in [6.07, 6.45) is 3.97. The summed E-state index contributed by atoms with van der Waals surface area (Å²) < 4.78 is 5.64. The molecule has 16 heavy (non-hydrogen) atoms. The van der Waals surface area contributed by atoms with E-state index < -0.39 is 4.84 Å². The second-order valence-corrected chi connectivity index (χ2v) is 5.68. The van der Waals surface area contributed by atoms with Crippen LogP contribution in [0, 0.1) is 0 Å². The first-order valence-corrected chi connectivity index (χ1v) is 6.56. The molecule has 94 valence electrons. The first-order chi connectivity index (χ1) is 7.47. The Bertz CT molecular complexity index is 246. The van der Waals surface area contributed by atoms with E-state index in [1.807, 2.05) is 6.92 Å². The number of rotatable bonds is 4. The fourth-order valence-corrected chi connectivity index (χ4v) is 2.20. The normalized spacial score (nSPS) is 30.4. The molecule has 1 N–H and O–H groups in total. The van der Waals surface area contributed by atoms with Gasteiger partial charge in [0.15, 0.2) is 4.84 Å². The quantitative estimate of drug-likeness (QED) is 0.796. The van der Waals surface area contributed by atoms with Crippen LogP contribution in [0.15, 0.2) is 0 Å². The minimum atomic E-state index is -0.996. The van der Waals surface area contributed by atoms with Crippen LogP contribution >= 0.6 is 23.2 Å². The predicted molar refractivity (Wildman–Crippen MR) is 65.9 cm³/mol. The summed E-state index contributed by atoms with van der Waals surface area (Å²) in [7, 11) is 0. The number of carbonyl (C=O) groups excluding carboxylic acids is 1. The van der Waals surface area contributed by atoms with Crippen LogP contribution in [0.2, 0.25) is 0 Å². The van der Waals surface area contributed by atoms with Crippen molar-refractivity contribution in [2.75, 3.05) is 6.61 Å². The molecular formula is C11H19Cl2NO2. The maximum Gasteiger partial charge on any atom is 0.253 e. The zero-order valence-corrected chi connectivity index (χ0v) is 11.3. The van der Waals surface area contributed by atoms with E-state index in [4.69, 9.17) is 27.9 Å². The molecule has 0 spiro atoms. The predicted octanol–water partition coefficient (Wildman–Crippen LogP) is 2.64. The van der Waals surface area contributed by atoms with Crippen molar-refractivity contribution < 1.29 is 9.53 Å². The molecule has 1 heterocycles. The van der Waals surface area contributed by atoms with Crippen molar-refractivity contribution in [2.24, 2.45) is 0 Å². The van der Waals surface area contributed by atoms with Crippen LogP contribution < -0.4 is 5.32 Å². The number of alkyl halides is 2. The lowest BCUT2D eigenvalue weighted by Gasteiger charge is -2.39. The van der Waals surface area contributed by atoms with Gasteiger partial charge in [-0.1, -0.05) is 36.5 Å². The highest BCUT2D eigenvalue weighted by Gasteiger charge is 2.34. The number of halogens is 2. The van der Waals surface area contributed by atoms with E-state index in [-0.39, 0.29) is 17.6 Å². The lowest BCUT2D eigenvalue weighted by atomic mass is 9.87. The molecule has 1 fully saturated rings. The average Bonchev–Trinajstić information content (AvgIpc) is 2.17. The molecule has 0 aliphatic carbocycles. The summed E-state index contributed by atoms with van der Waals surface area (Å²) in [5.74, 6) is -0.317. The van der Waals surface area contributed by atoms with Crippen molar-refractivity contribution in [1.82, 2.24) is 5.32 Å². The van der Waals surface area contributed by atoms with Crippen molar-refractivity contribution in [3.8, 4) is 0 Å². The van der Waals surface area contributed by atoms with E-state index in [1.54, 1.807) is 0 Å². The van der Waals surface area contributed by atoms with Crippen molar-refractivity contribution in [3.63, 3.8) is 0 Å². The monoisotopic (exact) mass is 267 g/mol. The molecule has 1 aliphatic rings. The number of carbonyl (C=O) groups is 1. The Morgan fingerprint density at radius 1 is 1.62 bits per heavy atom. The van der Waals surface area contributed by atoms with Gasteiger partial charge in [-0.15, -0.1) is 0 Å². The van der Waals surface area contributed by atoms with Gasteiger partial charge in [0.05, 0.1) is 6.10 Å². The number of nitrogens with one attached hydrogen (secondary N) is 1. The zero-order valence-electron chi connectivity index (χ0n) is 9.76. The highest BCUT2D eigenvalue weighted by molar-refractivity contribution is 6.53. The SMILES string of the molecule is CCC[C@H]1C[C@](C)(NC(=O)C(Cl)Cl)CCO1. The van der Waals surface area contributed by atoms with Gasteiger partial charge in [-0.3, -0.25) is 4.79 Å². The molecule has 0 saturated carbocycles. The molecule has 1 amide bonds. The van der Waals surface area contributed by atoms with Crippen molar-refractivity contribution >= 4 is 29.1 Å². The van der Waals surface area contributed by atoms with Crippen molar-refractivity contribution in [3.05, 3.63) is 0 Å². The van der Waals surface area contributed by atoms with Crippen LogP contribution in [0.25, 0.3) is 0 Å². The maximum absolute atomic E-state index is 11.5. The number of ether oxygens (including phenoxy) is 1. The molecule has 3 nitrogen and oxygen atoms in total. The van der Waals surface area contributed by atoms with E-state index in [9.17, 15) is 4.79 Å². The Balaban J connectivity index is 2.52. The molecule has 0 aromatic rings. The van der Waals surface area contributed by atoms with E-state index in [1.165, 1.54) is 0 Å². The molecule has 1 saturated heterocycles. The molecule has 0 aromatic carbocycles. The van der Waals surface area contributed by atoms with Crippen LogP contribution in [0.5, 0.6) is 0 Å². The minimum absolute atomic E-state index is 0.230. The third kappa shape index (κ3) is 4.11. The smallest absolute Gasteiger partial charge is 0.253 e. The van der Waals surface area contributed by atoms with Crippen molar-refractivity contribution in [2.45, 2.75) is 56.0 Å². The Kier molecular flexibility index (Phi) is 5.35. The Morgan fingerprint density at radius 3 is 2.88 bits per heavy atom. The molecule has 1 aliphatic heterocycles. The molecular weight excluding hydrogens is 249 g/mol. The van der Waals surface area contributed by atoms with E-state index in [2.05, 4.69) is 12.2 Å². The second-order valence-electron chi connectivity index (χ2n) is 4.59. The van der Waals surface area contributed by atoms with Crippen LogP contribution in [-0.4, -0.2) is 29.0 Å². The van der Waals surface area contributed by atoms with Gasteiger partial charge in [0.1, 0.15) is 0 Å². The van der Waals surface area contributed by atoms with E-state index >= 15 is 0 Å². The molecule has 5 heteroatoms. The molecule has 0 aromatic heterocycles. The van der Waals surface area contributed by atoms with Crippen LogP contribution in [-0.2, 0) is 9.53 Å². The summed E-state index contributed by atoms with van der Waals surface area (Å²) in [5.41, 5.74) is -0.239. The highest BCUT2D eigenvalue weighted by Crippen LogP contribution is 2.27. The van der Waals surface area contributed by atoms with Crippen LogP contribution in [0.1, 0.15) is 39.5 Å². The largest absolute Gasteiger partial charge is 0.378 e. The molecule has 2 atom stereocenters. The standard InChI is InChI=1S/C11H19Cl2NO2/c1-3-4-8-7-11(2,5-6-16-8)14-10(15)9(12)13/h8-9H,3-7H2,1-2H3,(H,14,15)/t8-,11+/m0/s1. The molecule has 1 rings (SSSR count). The van der Waals surface area contributed by atoms with E-state index in [0.29, 0.717) is 6.61 Å². The summed E-state index contributed by atoms with van der Waals surface area (Å²) >= 11 is 11.1. The lowest BCUT2D eigenvalue weighted by Crippen LogP contribution is -2.53. The van der Waals surface area contributed by atoms with Gasteiger partial charge in [-0.25, -0.2) is 0 Å². The van der Waals surface area contributed by atoms with E-state index in [0.717, 1.165) is 25.7 Å². The number of amides is 1. The van der Waals surface area contributed by atoms with Gasteiger partial charge < -0.3 is 10.1 Å². The average molecular weight is 268 g/mol. The van der Waals surface area contributed by atoms with Gasteiger partial charge >= 0.3 is 0 Å². The zero-order chi connectivity index (χ0) is 12.2. The topological polar surface area (TPSA) is 38.3 Å².